The highest BCUT2D eigenvalue weighted by Crippen LogP contribution is 2.40. The number of nitrogen functional groups attached to an aromatic ring is 1. The fourth-order valence-corrected chi connectivity index (χ4v) is 5.44. The summed E-state index contributed by atoms with van der Waals surface area (Å²) in [4.78, 5) is 62.7. The smallest absolute Gasteiger partial charge is 0.489 e. The Balaban J connectivity index is 0.000000616. The number of carbonyl (C=O) groups excluding carboxylic acids is 3. The number of thiazole rings is 1. The molecule has 4 rings (SSSR count). The molecule has 42 heavy (non-hydrogen) atoms. The Labute approximate surface area is 241 Å². The molecular weight excluding hydrogens is 611 g/mol. The fourth-order valence-electron chi connectivity index (χ4n) is 3.57. The quantitative estimate of drug-likeness (QED) is 0.0921. The van der Waals surface area contributed by atoms with Crippen LogP contribution in [-0.2, 0) is 19.2 Å². The van der Waals surface area contributed by atoms with Gasteiger partial charge in [0.15, 0.2) is 16.6 Å². The second-order valence-electron chi connectivity index (χ2n) is 8.31. The molecule has 2 aliphatic rings. The van der Waals surface area contributed by atoms with Gasteiger partial charge >= 0.3 is 18.1 Å². The molecule has 14 nitrogen and oxygen atoms in total. The number of fused-ring (bicyclic) bond motifs is 1. The molecule has 2 amide bonds. The zero-order valence-electron chi connectivity index (χ0n) is 21.1. The number of benzene rings is 1. The lowest BCUT2D eigenvalue weighted by Crippen LogP contribution is -2.71. The van der Waals surface area contributed by atoms with E-state index in [0.29, 0.717) is 16.9 Å². The van der Waals surface area contributed by atoms with Crippen molar-refractivity contribution in [2.45, 2.75) is 24.5 Å². The number of ether oxygens (including phenoxy) is 1. The highest BCUT2D eigenvalue weighted by atomic mass is 32.2. The van der Waals surface area contributed by atoms with E-state index in [2.05, 4.69) is 15.5 Å². The first-order chi connectivity index (χ1) is 19.6. The Kier molecular flexibility index (Phi) is 9.79. The summed E-state index contributed by atoms with van der Waals surface area (Å²) in [7, 11) is 0. The topological polar surface area (TPSA) is 222 Å². The molecule has 1 aromatic carbocycles. The van der Waals surface area contributed by atoms with E-state index in [4.69, 9.17) is 20.4 Å². The first kappa shape index (κ1) is 31.9. The molecule has 1 aromatic heterocycles. The van der Waals surface area contributed by atoms with Crippen LogP contribution in [-0.4, -0.2) is 90.5 Å². The van der Waals surface area contributed by atoms with Crippen molar-refractivity contribution >= 4 is 63.5 Å². The third-order valence-electron chi connectivity index (χ3n) is 5.53. The molecule has 0 spiro atoms. The lowest BCUT2D eigenvalue weighted by Gasteiger charge is -2.49. The molecule has 2 aromatic rings. The van der Waals surface area contributed by atoms with Crippen LogP contribution in [0.4, 0.5) is 18.3 Å². The van der Waals surface area contributed by atoms with Crippen LogP contribution in [0.3, 0.4) is 0 Å². The highest BCUT2D eigenvalue weighted by Gasteiger charge is 2.54. The monoisotopic (exact) mass is 631 g/mol. The number of oxime groups is 1. The number of aromatic nitrogens is 1. The van der Waals surface area contributed by atoms with Crippen molar-refractivity contribution in [3.63, 3.8) is 0 Å². The molecule has 1 saturated heterocycles. The largest absolute Gasteiger partial charge is 0.490 e. The normalized spacial score (nSPS) is 18.2. The van der Waals surface area contributed by atoms with E-state index in [0.717, 1.165) is 16.2 Å². The lowest BCUT2D eigenvalue weighted by atomic mass is 10.0. The van der Waals surface area contributed by atoms with Crippen molar-refractivity contribution in [3.05, 3.63) is 52.2 Å². The Hall–Kier alpha value is -4.65. The summed E-state index contributed by atoms with van der Waals surface area (Å²) in [6.07, 6.45) is -5.08. The number of carbonyl (C=O) groups is 5. The van der Waals surface area contributed by atoms with E-state index in [1.165, 1.54) is 24.1 Å². The summed E-state index contributed by atoms with van der Waals surface area (Å²) < 4.78 is 37.4. The van der Waals surface area contributed by atoms with Gasteiger partial charge < -0.3 is 31.2 Å². The van der Waals surface area contributed by atoms with Crippen LogP contribution in [0, 0.1) is 0 Å². The first-order valence-electron chi connectivity index (χ1n) is 11.3. The maximum Gasteiger partial charge on any atom is 0.490 e. The average molecular weight is 632 g/mol. The molecule has 1 unspecified atom stereocenters. The average Bonchev–Trinajstić information content (AvgIpc) is 3.35. The van der Waals surface area contributed by atoms with Gasteiger partial charge in [0.1, 0.15) is 35.2 Å². The third-order valence-corrected chi connectivity index (χ3v) is 7.55. The standard InChI is InChI=1S/C21H19N5O7S2.C2HF3O2/c1-9(27)10-2-4-12(5-3-10)33-6-11-7-34-19-15(18(29)26(19)16(11)20(30)31)24-17(28)14(25-32)13-8-35-21(22)23-13;3-2(4,5)1(6)7/h2-5,8,15,19,32H,6-7H2,1H3,(H2,22,23)(H,24,28)(H,30,31);(H,6,7)/b25-14-;/t15?,19-;/m1./s1. The number of β-lactam (4-membered cyclic amide) rings is 1. The number of rotatable bonds is 8. The maximum atomic E-state index is 12.8. The van der Waals surface area contributed by atoms with Crippen LogP contribution in [0.1, 0.15) is 23.0 Å². The van der Waals surface area contributed by atoms with Gasteiger partial charge in [-0.15, -0.1) is 23.1 Å². The van der Waals surface area contributed by atoms with E-state index in [1.54, 1.807) is 24.3 Å². The van der Waals surface area contributed by atoms with Crippen molar-refractivity contribution in [1.29, 1.82) is 0 Å². The van der Waals surface area contributed by atoms with E-state index in [-0.39, 0.29) is 34.7 Å². The molecular formula is C23H20F3N5O9S2. The number of nitrogens with zero attached hydrogens (tertiary/aromatic N) is 3. The number of carboxylic acid groups (broad SMARTS) is 2. The number of nitrogens with two attached hydrogens (primary N) is 1. The Morgan fingerprint density at radius 3 is 2.31 bits per heavy atom. The van der Waals surface area contributed by atoms with E-state index < -0.39 is 47.1 Å². The summed E-state index contributed by atoms with van der Waals surface area (Å²) in [5.41, 5.74) is 5.89. The van der Waals surface area contributed by atoms with Gasteiger partial charge in [0.25, 0.3) is 11.8 Å². The van der Waals surface area contributed by atoms with Gasteiger partial charge in [-0.05, 0) is 31.2 Å². The number of ketones is 1. The van der Waals surface area contributed by atoms with Crippen LogP contribution in [0.5, 0.6) is 5.75 Å². The molecule has 0 saturated carbocycles. The predicted molar refractivity (Wildman–Crippen MR) is 140 cm³/mol. The molecule has 6 N–H and O–H groups in total. The molecule has 224 valence electrons. The van der Waals surface area contributed by atoms with Crippen molar-refractivity contribution in [2.75, 3.05) is 18.1 Å². The van der Waals surface area contributed by atoms with Crippen LogP contribution >= 0.6 is 23.1 Å². The van der Waals surface area contributed by atoms with Crippen molar-refractivity contribution in [3.8, 4) is 5.75 Å². The lowest BCUT2D eigenvalue weighted by molar-refractivity contribution is -0.192. The Bertz CT molecular complexity index is 1470. The zero-order valence-corrected chi connectivity index (χ0v) is 22.7. The van der Waals surface area contributed by atoms with Gasteiger partial charge in [-0.25, -0.2) is 14.6 Å². The number of carboxylic acids is 2. The zero-order chi connectivity index (χ0) is 31.4. The van der Waals surface area contributed by atoms with E-state index in [1.807, 2.05) is 0 Å². The summed E-state index contributed by atoms with van der Waals surface area (Å²) in [5, 5.41) is 32.5. The number of nitrogens with one attached hydrogen (secondary N) is 1. The minimum Gasteiger partial charge on any atom is -0.489 e. The van der Waals surface area contributed by atoms with Gasteiger partial charge in [0.05, 0.1) is 0 Å². The van der Waals surface area contributed by atoms with Gasteiger partial charge in [-0.2, -0.15) is 13.2 Å². The number of aliphatic carboxylic acids is 2. The number of amides is 2. The molecule has 2 atom stereocenters. The summed E-state index contributed by atoms with van der Waals surface area (Å²) >= 11 is 2.31. The molecule has 19 heteroatoms. The van der Waals surface area contributed by atoms with Gasteiger partial charge in [-0.1, -0.05) is 5.16 Å². The molecule has 2 aliphatic heterocycles. The van der Waals surface area contributed by atoms with E-state index in [9.17, 15) is 42.7 Å². The number of anilines is 1. The summed E-state index contributed by atoms with van der Waals surface area (Å²) in [6, 6.07) is 5.40. The van der Waals surface area contributed by atoms with Gasteiger partial charge in [-0.3, -0.25) is 19.3 Å². The number of hydrogen-bond acceptors (Lipinski definition) is 12. The third kappa shape index (κ3) is 7.16. The predicted octanol–water partition coefficient (Wildman–Crippen LogP) is 1.56. The molecule has 1 fully saturated rings. The minimum atomic E-state index is -5.08. The van der Waals surface area contributed by atoms with Crippen molar-refractivity contribution < 1.29 is 57.3 Å². The number of hydrogen-bond donors (Lipinski definition) is 5. The second kappa shape index (κ2) is 12.9. The first-order valence-corrected chi connectivity index (χ1v) is 13.3. The summed E-state index contributed by atoms with van der Waals surface area (Å²) in [6.45, 7) is 1.37. The van der Waals surface area contributed by atoms with Gasteiger partial charge in [0, 0.05) is 22.3 Å². The number of Topliss-reactive ketones (excluding diaryl/α,β-unsaturated/α-hetero) is 1. The minimum absolute atomic E-state index is 0.0503. The highest BCUT2D eigenvalue weighted by molar-refractivity contribution is 8.00. The summed E-state index contributed by atoms with van der Waals surface area (Å²) in [5.74, 6) is -4.92. The number of alkyl halides is 3. The molecule has 0 bridgehead atoms. The number of halogens is 3. The van der Waals surface area contributed by atoms with Crippen LogP contribution in [0.25, 0.3) is 0 Å². The second-order valence-corrected chi connectivity index (χ2v) is 10.3. The van der Waals surface area contributed by atoms with Crippen LogP contribution < -0.4 is 15.8 Å². The van der Waals surface area contributed by atoms with Gasteiger partial charge in [0.2, 0.25) is 0 Å². The Morgan fingerprint density at radius 2 is 1.83 bits per heavy atom. The number of thioether (sulfide) groups is 1. The van der Waals surface area contributed by atoms with Crippen LogP contribution in [0.15, 0.2) is 46.1 Å². The molecule has 0 aliphatic carbocycles. The molecule has 0 radical (unpaired) electrons. The van der Waals surface area contributed by atoms with Crippen LogP contribution in [0.2, 0.25) is 0 Å². The van der Waals surface area contributed by atoms with Crippen molar-refractivity contribution in [1.82, 2.24) is 15.2 Å². The fraction of sp³-hybridized carbons (Fsp3) is 0.261. The van der Waals surface area contributed by atoms with E-state index >= 15 is 0 Å². The molecule has 3 heterocycles. The Morgan fingerprint density at radius 1 is 1.21 bits per heavy atom. The SMILES string of the molecule is CC(=O)c1ccc(OCC2=C(C(=O)O)N3C(=O)C(NC(=O)/C(=N\O)c4csc(N)n4)[C@H]3SC2)cc1.O=C(O)C(F)(F)F. The maximum absolute atomic E-state index is 12.8. The van der Waals surface area contributed by atoms with Crippen molar-refractivity contribution in [2.24, 2.45) is 5.16 Å².